The molecule has 0 rings (SSSR count). The molecule has 0 unspecified atom stereocenters. The molecule has 0 spiro atoms. The summed E-state index contributed by atoms with van der Waals surface area (Å²) in [4.78, 5) is 3.75. The fraction of sp³-hybridized carbons (Fsp3) is 0.667. The zero-order valence-electron chi connectivity index (χ0n) is 4.89. The first-order valence-electron chi connectivity index (χ1n) is 2.74. The van der Waals surface area contributed by atoms with Crippen LogP contribution in [-0.2, 0) is 0 Å². The molecule has 0 aliphatic rings. The van der Waals surface area contributed by atoms with Crippen LogP contribution in [0.5, 0.6) is 0 Å². The van der Waals surface area contributed by atoms with Crippen LogP contribution in [-0.4, -0.2) is 11.7 Å². The summed E-state index contributed by atoms with van der Waals surface area (Å²) in [6.45, 7) is 4.51. The van der Waals surface area contributed by atoms with Crippen molar-refractivity contribution in [2.75, 3.05) is 6.54 Å². The first-order chi connectivity index (χ1) is 3.91. The Morgan fingerprint density at radius 1 is 1.50 bits per heavy atom. The quantitative estimate of drug-likeness (QED) is 0.321. The number of aliphatic imine (C=N–C) groups is 1. The van der Waals surface area contributed by atoms with Crippen molar-refractivity contribution in [2.24, 2.45) is 4.99 Å². The molecule has 0 saturated heterocycles. The molecule has 8 heavy (non-hydrogen) atoms. The Labute approximate surface area is 55.8 Å². The van der Waals surface area contributed by atoms with Crippen molar-refractivity contribution in [1.29, 1.82) is 0 Å². The van der Waals surface area contributed by atoms with Crippen LogP contribution < -0.4 is 0 Å². The van der Waals surface area contributed by atoms with Gasteiger partial charge in [0.1, 0.15) is 0 Å². The average molecular weight is 128 g/mol. The van der Waals surface area contributed by atoms with Crippen LogP contribution in [0.3, 0.4) is 0 Å². The molecule has 0 bridgehead atoms. The largest absolute Gasteiger partial charge is 0.233 e. The SMILES string of the molecule is [CH2]CCCCN=C=S. The van der Waals surface area contributed by atoms with Gasteiger partial charge in [0.25, 0.3) is 0 Å². The number of hydrogen-bond acceptors (Lipinski definition) is 2. The van der Waals surface area contributed by atoms with Gasteiger partial charge in [0, 0.05) is 6.54 Å². The van der Waals surface area contributed by atoms with Crippen LogP contribution in [0.15, 0.2) is 4.99 Å². The number of rotatable bonds is 4. The Bertz CT molecular complexity index is 84.5. The summed E-state index contributed by atoms with van der Waals surface area (Å²) < 4.78 is 0. The smallest absolute Gasteiger partial charge is 0.0584 e. The lowest BCUT2D eigenvalue weighted by molar-refractivity contribution is 0.760. The zero-order valence-corrected chi connectivity index (χ0v) is 5.71. The molecule has 0 amide bonds. The molecule has 1 nitrogen and oxygen atoms in total. The number of nitrogens with zero attached hydrogens (tertiary/aromatic N) is 1. The molecule has 45 valence electrons. The molecule has 0 aromatic carbocycles. The van der Waals surface area contributed by atoms with Crippen LogP contribution in [0.4, 0.5) is 0 Å². The maximum Gasteiger partial charge on any atom is 0.0584 e. The van der Waals surface area contributed by atoms with E-state index in [2.05, 4.69) is 29.3 Å². The lowest BCUT2D eigenvalue weighted by atomic mass is 10.3. The van der Waals surface area contributed by atoms with Crippen LogP contribution in [0.1, 0.15) is 19.3 Å². The second kappa shape index (κ2) is 6.80. The summed E-state index contributed by atoms with van der Waals surface area (Å²) in [7, 11) is 0. The summed E-state index contributed by atoms with van der Waals surface area (Å²) >= 11 is 4.37. The summed E-state index contributed by atoms with van der Waals surface area (Å²) in [6, 6.07) is 0. The Balaban J connectivity index is 2.82. The van der Waals surface area contributed by atoms with Gasteiger partial charge in [-0.2, -0.15) is 0 Å². The van der Waals surface area contributed by atoms with Crippen molar-refractivity contribution < 1.29 is 0 Å². The van der Waals surface area contributed by atoms with E-state index in [0.717, 1.165) is 25.8 Å². The first kappa shape index (κ1) is 7.80. The summed E-state index contributed by atoms with van der Waals surface area (Å²) in [5.41, 5.74) is 0. The maximum atomic E-state index is 4.37. The Morgan fingerprint density at radius 2 is 2.25 bits per heavy atom. The molecule has 0 fully saturated rings. The molecular weight excluding hydrogens is 118 g/mol. The number of unbranched alkanes of at least 4 members (excludes halogenated alkanes) is 2. The number of hydrogen-bond donors (Lipinski definition) is 0. The van der Waals surface area contributed by atoms with Gasteiger partial charge in [0.2, 0.25) is 0 Å². The fourth-order valence-corrected chi connectivity index (χ4v) is 0.505. The van der Waals surface area contributed by atoms with E-state index >= 15 is 0 Å². The van der Waals surface area contributed by atoms with Crippen LogP contribution in [0.2, 0.25) is 0 Å². The minimum atomic E-state index is 0.818. The van der Waals surface area contributed by atoms with E-state index in [0.29, 0.717) is 0 Å². The van der Waals surface area contributed by atoms with Crippen molar-refractivity contribution in [3.05, 3.63) is 6.92 Å². The first-order valence-corrected chi connectivity index (χ1v) is 3.15. The molecule has 0 aliphatic heterocycles. The van der Waals surface area contributed by atoms with Gasteiger partial charge in [-0.25, -0.2) is 4.99 Å². The van der Waals surface area contributed by atoms with Gasteiger partial charge in [-0.1, -0.05) is 19.8 Å². The Kier molecular flexibility index (Phi) is 6.63. The zero-order chi connectivity index (χ0) is 6.24. The number of thiocarbonyl (C=S) groups is 1. The van der Waals surface area contributed by atoms with E-state index in [1.807, 2.05) is 0 Å². The minimum absolute atomic E-state index is 0.818. The van der Waals surface area contributed by atoms with Gasteiger partial charge in [-0.3, -0.25) is 0 Å². The molecular formula is C6H10NS. The van der Waals surface area contributed by atoms with Gasteiger partial charge >= 0.3 is 0 Å². The highest BCUT2D eigenvalue weighted by Crippen LogP contribution is 1.91. The highest BCUT2D eigenvalue weighted by Gasteiger charge is 1.79. The third-order valence-electron chi connectivity index (χ3n) is 0.834. The highest BCUT2D eigenvalue weighted by molar-refractivity contribution is 7.78. The van der Waals surface area contributed by atoms with Crippen molar-refractivity contribution in [1.82, 2.24) is 0 Å². The number of isothiocyanates is 1. The molecule has 0 heterocycles. The summed E-state index contributed by atoms with van der Waals surface area (Å²) in [5, 5.41) is 2.31. The van der Waals surface area contributed by atoms with Gasteiger partial charge in [-0.15, -0.1) is 0 Å². The molecule has 2 heteroatoms. The van der Waals surface area contributed by atoms with Gasteiger partial charge in [0.05, 0.1) is 5.16 Å². The van der Waals surface area contributed by atoms with Gasteiger partial charge in [-0.05, 0) is 18.6 Å². The predicted molar refractivity (Wildman–Crippen MR) is 39.1 cm³/mol. The molecule has 1 radical (unpaired) electrons. The van der Waals surface area contributed by atoms with Crippen molar-refractivity contribution in [2.45, 2.75) is 19.3 Å². The normalized spacial score (nSPS) is 8.12. The van der Waals surface area contributed by atoms with E-state index in [1.165, 1.54) is 0 Å². The molecule has 0 N–H and O–H groups in total. The molecule has 0 aromatic heterocycles. The van der Waals surface area contributed by atoms with Crippen molar-refractivity contribution in [3.63, 3.8) is 0 Å². The third-order valence-corrected chi connectivity index (χ3v) is 0.964. The van der Waals surface area contributed by atoms with Gasteiger partial charge < -0.3 is 0 Å². The van der Waals surface area contributed by atoms with Crippen LogP contribution >= 0.6 is 12.2 Å². The van der Waals surface area contributed by atoms with Crippen LogP contribution in [0.25, 0.3) is 0 Å². The Morgan fingerprint density at radius 3 is 2.75 bits per heavy atom. The standard InChI is InChI=1S/C6H10NS/c1-2-3-4-5-7-6-8/h1-5H2. The monoisotopic (exact) mass is 128 g/mol. The van der Waals surface area contributed by atoms with Crippen molar-refractivity contribution in [3.8, 4) is 0 Å². The van der Waals surface area contributed by atoms with Gasteiger partial charge in [0.15, 0.2) is 0 Å². The second-order valence-corrected chi connectivity index (χ2v) is 1.72. The molecule has 0 atom stereocenters. The maximum absolute atomic E-state index is 4.37. The summed E-state index contributed by atoms with van der Waals surface area (Å²) in [5.74, 6) is 0. The Hall–Kier alpha value is -0.200. The van der Waals surface area contributed by atoms with E-state index in [9.17, 15) is 0 Å². The van der Waals surface area contributed by atoms with E-state index in [1.54, 1.807) is 0 Å². The molecule has 0 aromatic rings. The third kappa shape index (κ3) is 5.80. The van der Waals surface area contributed by atoms with Crippen molar-refractivity contribution >= 4 is 17.4 Å². The molecule has 0 saturated carbocycles. The second-order valence-electron chi connectivity index (χ2n) is 1.53. The topological polar surface area (TPSA) is 12.4 Å². The van der Waals surface area contributed by atoms with Crippen LogP contribution in [0, 0.1) is 6.92 Å². The highest BCUT2D eigenvalue weighted by atomic mass is 32.1. The van der Waals surface area contributed by atoms with E-state index in [-0.39, 0.29) is 0 Å². The van der Waals surface area contributed by atoms with E-state index < -0.39 is 0 Å². The molecule has 0 aliphatic carbocycles. The predicted octanol–water partition coefficient (Wildman–Crippen LogP) is 2.09. The lowest BCUT2D eigenvalue weighted by Crippen LogP contribution is -1.77. The average Bonchev–Trinajstić information content (AvgIpc) is 1.81. The minimum Gasteiger partial charge on any atom is -0.233 e. The fourth-order valence-electron chi connectivity index (χ4n) is 0.413. The lowest BCUT2D eigenvalue weighted by Gasteiger charge is -1.87. The van der Waals surface area contributed by atoms with E-state index in [4.69, 9.17) is 0 Å². The summed E-state index contributed by atoms with van der Waals surface area (Å²) in [6.07, 6.45) is 3.22.